The third-order valence-corrected chi connectivity index (χ3v) is 10.1. The van der Waals surface area contributed by atoms with Gasteiger partial charge in [-0.25, -0.2) is 0 Å². The van der Waals surface area contributed by atoms with Crippen molar-refractivity contribution in [3.05, 3.63) is 0 Å². The molecule has 1 aliphatic carbocycles. The number of carbonyl (C=O) groups is 3. The maximum Gasteiger partial charge on any atom is 0.303 e. The van der Waals surface area contributed by atoms with Gasteiger partial charge in [-0.3, -0.25) is 14.4 Å². The van der Waals surface area contributed by atoms with Crippen LogP contribution in [0.4, 0.5) is 0 Å². The summed E-state index contributed by atoms with van der Waals surface area (Å²) in [6.45, 7) is 13.4. The fourth-order valence-electron chi connectivity index (χ4n) is 8.28. The van der Waals surface area contributed by atoms with E-state index in [1.165, 1.54) is 0 Å². The molecule has 1 aliphatic rings. The second kappa shape index (κ2) is 18.9. The predicted molar refractivity (Wildman–Crippen MR) is 172 cm³/mol. The first-order valence-corrected chi connectivity index (χ1v) is 17.3. The van der Waals surface area contributed by atoms with Crippen LogP contribution in [0.1, 0.15) is 176 Å². The van der Waals surface area contributed by atoms with Crippen molar-refractivity contribution in [3.63, 3.8) is 0 Å². The summed E-state index contributed by atoms with van der Waals surface area (Å²) in [5, 5.41) is 29.4. The highest BCUT2D eigenvalue weighted by Crippen LogP contribution is 2.64. The van der Waals surface area contributed by atoms with Crippen LogP contribution in [0.2, 0.25) is 0 Å². The molecule has 6 nitrogen and oxygen atoms in total. The molecule has 0 spiro atoms. The molecule has 0 saturated heterocycles. The number of carboxylic acids is 3. The summed E-state index contributed by atoms with van der Waals surface area (Å²) in [6, 6.07) is 0. The molecule has 1 saturated carbocycles. The van der Waals surface area contributed by atoms with Gasteiger partial charge >= 0.3 is 17.9 Å². The SMILES string of the molecule is CC(C)CCCCC1(CCC(=O)O)CC(CCCCC(C)C)(CCC(=O)O)CC(CCCCC(C)C)(CCC(=O)O)C1. The molecule has 3 N–H and O–H groups in total. The second-order valence-electron chi connectivity index (χ2n) is 15.6. The zero-order chi connectivity index (χ0) is 31.8. The molecule has 0 aliphatic heterocycles. The zero-order valence-corrected chi connectivity index (χ0v) is 28.1. The number of unbranched alkanes of at least 4 members (excludes halogenated alkanes) is 3. The van der Waals surface area contributed by atoms with Crippen LogP contribution in [0.15, 0.2) is 0 Å². The highest BCUT2D eigenvalue weighted by molar-refractivity contribution is 5.67. The van der Waals surface area contributed by atoms with Crippen LogP contribution >= 0.6 is 0 Å². The third kappa shape index (κ3) is 15.8. The smallest absolute Gasteiger partial charge is 0.303 e. The van der Waals surface area contributed by atoms with Gasteiger partial charge in [0.1, 0.15) is 0 Å². The summed E-state index contributed by atoms with van der Waals surface area (Å²) in [6.07, 6.45) is 17.6. The van der Waals surface area contributed by atoms with Gasteiger partial charge in [0, 0.05) is 19.3 Å². The highest BCUT2D eigenvalue weighted by atomic mass is 16.4. The molecule has 0 unspecified atom stereocenters. The Bertz CT molecular complexity index is 688. The van der Waals surface area contributed by atoms with E-state index in [0.717, 1.165) is 96.3 Å². The molecule has 0 amide bonds. The molecule has 0 heterocycles. The normalized spacial score (nSPS) is 24.5. The number of rotatable bonds is 24. The average molecular weight is 595 g/mol. The van der Waals surface area contributed by atoms with Gasteiger partial charge in [-0.15, -0.1) is 0 Å². The van der Waals surface area contributed by atoms with Gasteiger partial charge in [0.05, 0.1) is 0 Å². The molecule has 0 aromatic carbocycles. The Hall–Kier alpha value is -1.59. The van der Waals surface area contributed by atoms with Crippen LogP contribution in [0, 0.1) is 34.0 Å². The van der Waals surface area contributed by atoms with Gasteiger partial charge < -0.3 is 15.3 Å². The fraction of sp³-hybridized carbons (Fsp3) is 0.917. The van der Waals surface area contributed by atoms with Crippen molar-refractivity contribution >= 4 is 17.9 Å². The first-order valence-electron chi connectivity index (χ1n) is 17.3. The van der Waals surface area contributed by atoms with Gasteiger partial charge in [0.2, 0.25) is 0 Å². The summed E-state index contributed by atoms with van der Waals surface area (Å²) in [4.78, 5) is 35.9. The summed E-state index contributed by atoms with van der Waals surface area (Å²) >= 11 is 0. The number of hydrogen-bond acceptors (Lipinski definition) is 3. The molecular formula is C36H66O6. The minimum Gasteiger partial charge on any atom is -0.481 e. The third-order valence-electron chi connectivity index (χ3n) is 10.1. The summed E-state index contributed by atoms with van der Waals surface area (Å²) in [5.74, 6) is -0.456. The van der Waals surface area contributed by atoms with E-state index >= 15 is 0 Å². The molecule has 1 fully saturated rings. The highest BCUT2D eigenvalue weighted by Gasteiger charge is 2.53. The van der Waals surface area contributed by atoms with E-state index in [2.05, 4.69) is 41.5 Å². The number of carboxylic acid groups (broad SMARTS) is 3. The van der Waals surface area contributed by atoms with Gasteiger partial charge in [-0.2, -0.15) is 0 Å². The predicted octanol–water partition coefficient (Wildman–Crippen LogP) is 10.4. The fourth-order valence-corrected chi connectivity index (χ4v) is 8.28. The van der Waals surface area contributed by atoms with E-state index in [0.29, 0.717) is 37.0 Å². The standard InChI is InChI=1S/C36H66O6/c1-28(2)13-7-10-19-34(22-16-31(37)38)25-35(23-17-32(39)40,20-11-8-14-29(3)4)27-36(26-34,24-18-33(41)42)21-12-9-15-30(5)6/h28-30H,7-27H2,1-6H3,(H,37,38)(H,39,40)(H,41,42). The maximum atomic E-state index is 12.0. The molecule has 0 aromatic heterocycles. The zero-order valence-electron chi connectivity index (χ0n) is 28.1. The molecule has 0 atom stereocenters. The van der Waals surface area contributed by atoms with Crippen LogP contribution in [-0.2, 0) is 14.4 Å². The first kappa shape index (κ1) is 38.4. The van der Waals surface area contributed by atoms with Crippen LogP contribution in [0.25, 0.3) is 0 Å². The van der Waals surface area contributed by atoms with Crippen molar-refractivity contribution < 1.29 is 29.7 Å². The van der Waals surface area contributed by atoms with E-state index in [9.17, 15) is 29.7 Å². The molecule has 42 heavy (non-hydrogen) atoms. The molecular weight excluding hydrogens is 528 g/mol. The Morgan fingerprint density at radius 3 is 0.881 bits per heavy atom. The van der Waals surface area contributed by atoms with Gasteiger partial charge in [0.15, 0.2) is 0 Å². The molecule has 0 bridgehead atoms. The minimum atomic E-state index is -0.775. The van der Waals surface area contributed by atoms with E-state index in [1.54, 1.807) is 0 Å². The van der Waals surface area contributed by atoms with Gasteiger partial charge in [-0.1, -0.05) is 99.3 Å². The van der Waals surface area contributed by atoms with Crippen LogP contribution in [0.3, 0.4) is 0 Å². The largest absolute Gasteiger partial charge is 0.481 e. The summed E-state index contributed by atoms with van der Waals surface area (Å²) < 4.78 is 0. The van der Waals surface area contributed by atoms with E-state index in [-0.39, 0.29) is 35.5 Å². The molecule has 0 radical (unpaired) electrons. The summed E-state index contributed by atoms with van der Waals surface area (Å²) in [7, 11) is 0. The van der Waals surface area contributed by atoms with Crippen molar-refractivity contribution in [1.29, 1.82) is 0 Å². The number of aliphatic carboxylic acids is 3. The Morgan fingerprint density at radius 2 is 0.690 bits per heavy atom. The van der Waals surface area contributed by atoms with E-state index in [1.807, 2.05) is 0 Å². The van der Waals surface area contributed by atoms with Gasteiger partial charge in [-0.05, 0) is 91.8 Å². The Labute approximate surface area is 257 Å². The van der Waals surface area contributed by atoms with E-state index in [4.69, 9.17) is 0 Å². The Kier molecular flexibility index (Phi) is 17.3. The number of hydrogen-bond donors (Lipinski definition) is 3. The van der Waals surface area contributed by atoms with Crippen LogP contribution in [-0.4, -0.2) is 33.2 Å². The molecule has 1 rings (SSSR count). The minimum absolute atomic E-state index is 0.120. The quantitative estimate of drug-likeness (QED) is 0.0958. The Balaban J connectivity index is 3.59. The topological polar surface area (TPSA) is 112 Å². The van der Waals surface area contributed by atoms with Crippen LogP contribution in [0.5, 0.6) is 0 Å². The van der Waals surface area contributed by atoms with Crippen molar-refractivity contribution in [3.8, 4) is 0 Å². The second-order valence-corrected chi connectivity index (χ2v) is 15.6. The monoisotopic (exact) mass is 594 g/mol. The maximum absolute atomic E-state index is 12.0. The Morgan fingerprint density at radius 1 is 0.452 bits per heavy atom. The average Bonchev–Trinajstić information content (AvgIpc) is 2.88. The first-order chi connectivity index (χ1) is 19.6. The lowest BCUT2D eigenvalue weighted by Crippen LogP contribution is -2.47. The summed E-state index contributed by atoms with van der Waals surface area (Å²) in [5.41, 5.74) is -0.581. The van der Waals surface area contributed by atoms with Gasteiger partial charge in [0.25, 0.3) is 0 Å². The van der Waals surface area contributed by atoms with Crippen molar-refractivity contribution in [2.75, 3.05) is 0 Å². The molecule has 0 aromatic rings. The lowest BCUT2D eigenvalue weighted by molar-refractivity contribution is -0.140. The molecule has 6 heteroatoms. The lowest BCUT2D eigenvalue weighted by Gasteiger charge is -2.58. The molecule has 246 valence electrons. The van der Waals surface area contributed by atoms with Crippen molar-refractivity contribution in [2.45, 2.75) is 176 Å². The van der Waals surface area contributed by atoms with E-state index < -0.39 is 17.9 Å². The van der Waals surface area contributed by atoms with Crippen LogP contribution < -0.4 is 0 Å². The van der Waals surface area contributed by atoms with Crippen molar-refractivity contribution in [1.82, 2.24) is 0 Å². The lowest BCUT2D eigenvalue weighted by atomic mass is 9.47. The van der Waals surface area contributed by atoms with Crippen molar-refractivity contribution in [2.24, 2.45) is 34.0 Å².